The molecule has 29 heavy (non-hydrogen) atoms. The predicted molar refractivity (Wildman–Crippen MR) is 112 cm³/mol. The van der Waals surface area contributed by atoms with Gasteiger partial charge >= 0.3 is 6.09 Å². The van der Waals surface area contributed by atoms with E-state index in [0.29, 0.717) is 25.0 Å². The second-order valence-corrected chi connectivity index (χ2v) is 8.80. The second kappa shape index (κ2) is 9.53. The molecular formula is C21H31N3O4S. The molecule has 3 unspecified atom stereocenters. The number of hydrogen-bond acceptors (Lipinski definition) is 7. The Morgan fingerprint density at radius 1 is 1.17 bits per heavy atom. The van der Waals surface area contributed by atoms with Gasteiger partial charge < -0.3 is 14.2 Å². The van der Waals surface area contributed by atoms with Crippen LogP contribution in [0.25, 0.3) is 0 Å². The lowest BCUT2D eigenvalue weighted by Gasteiger charge is -2.33. The molecule has 7 nitrogen and oxygen atoms in total. The van der Waals surface area contributed by atoms with E-state index in [-0.39, 0.29) is 36.9 Å². The SMILES string of the molecule is CSNC1CC(C)N2C(=O)OCCOc3cccc(n3)C3CCC(CC3)OCC12. The van der Waals surface area contributed by atoms with Crippen LogP contribution in [-0.2, 0) is 9.47 Å². The Balaban J connectivity index is 1.52. The van der Waals surface area contributed by atoms with Crippen molar-refractivity contribution in [1.29, 1.82) is 0 Å². The maximum atomic E-state index is 12.8. The van der Waals surface area contributed by atoms with Crippen LogP contribution in [0.2, 0.25) is 0 Å². The molecule has 4 heterocycles. The number of ether oxygens (including phenoxy) is 3. The van der Waals surface area contributed by atoms with Crippen molar-refractivity contribution in [1.82, 2.24) is 14.6 Å². The lowest BCUT2D eigenvalue weighted by atomic mass is 9.85. The zero-order valence-electron chi connectivity index (χ0n) is 17.2. The van der Waals surface area contributed by atoms with Crippen LogP contribution < -0.4 is 9.46 Å². The Morgan fingerprint density at radius 2 is 1.97 bits per heavy atom. The van der Waals surface area contributed by atoms with Crippen LogP contribution in [-0.4, -0.2) is 66.3 Å². The van der Waals surface area contributed by atoms with Crippen molar-refractivity contribution in [2.45, 2.75) is 69.2 Å². The van der Waals surface area contributed by atoms with E-state index in [4.69, 9.17) is 14.2 Å². The highest BCUT2D eigenvalue weighted by atomic mass is 32.2. The van der Waals surface area contributed by atoms with E-state index in [1.165, 1.54) is 0 Å². The summed E-state index contributed by atoms with van der Waals surface area (Å²) in [5, 5.41) is 0. The maximum Gasteiger partial charge on any atom is 0.410 e. The number of aromatic nitrogens is 1. The third-order valence-electron chi connectivity index (χ3n) is 6.27. The number of nitrogens with one attached hydrogen (secondary N) is 1. The van der Waals surface area contributed by atoms with Crippen molar-refractivity contribution >= 4 is 18.0 Å². The molecule has 1 saturated carbocycles. The minimum absolute atomic E-state index is 0.0223. The minimum Gasteiger partial charge on any atom is -0.474 e. The number of hydrogen-bond donors (Lipinski definition) is 1. The minimum atomic E-state index is -0.294. The van der Waals surface area contributed by atoms with E-state index in [1.807, 2.05) is 23.3 Å². The van der Waals surface area contributed by atoms with Crippen LogP contribution in [0.15, 0.2) is 18.2 Å². The topological polar surface area (TPSA) is 72.9 Å². The van der Waals surface area contributed by atoms with Crippen LogP contribution in [0.4, 0.5) is 4.79 Å². The zero-order valence-corrected chi connectivity index (χ0v) is 18.0. The molecule has 1 aromatic rings. The standard InChI is InChI=1S/C21H31N3O4S/c1-14-12-18(23-29-2)19-13-28-16-8-6-15(7-9-16)17-4-3-5-20(22-17)26-10-11-27-21(25)24(14)19/h3-5,14-16,18-19,23H,6-13H2,1-2H3. The summed E-state index contributed by atoms with van der Waals surface area (Å²) in [6.45, 7) is 3.11. The molecule has 4 bridgehead atoms. The van der Waals surface area contributed by atoms with Crippen molar-refractivity contribution in [3.8, 4) is 5.88 Å². The van der Waals surface area contributed by atoms with E-state index in [1.54, 1.807) is 11.9 Å². The van der Waals surface area contributed by atoms with Crippen molar-refractivity contribution < 1.29 is 19.0 Å². The molecule has 1 amide bonds. The number of amides is 1. The molecule has 0 spiro atoms. The Hall–Kier alpha value is -1.51. The molecule has 1 N–H and O–H groups in total. The number of pyridine rings is 1. The number of nitrogens with zero attached hydrogens (tertiary/aromatic N) is 2. The summed E-state index contributed by atoms with van der Waals surface area (Å²) >= 11 is 1.59. The largest absolute Gasteiger partial charge is 0.474 e. The Labute approximate surface area is 177 Å². The van der Waals surface area contributed by atoms with Crippen molar-refractivity contribution in [2.24, 2.45) is 0 Å². The van der Waals surface area contributed by atoms with Gasteiger partial charge in [-0.1, -0.05) is 18.0 Å². The van der Waals surface area contributed by atoms with Crippen LogP contribution in [0.1, 0.15) is 50.6 Å². The lowest BCUT2D eigenvalue weighted by molar-refractivity contribution is -0.0117. The summed E-state index contributed by atoms with van der Waals surface area (Å²) in [6, 6.07) is 6.22. The van der Waals surface area contributed by atoms with Gasteiger partial charge in [-0.15, -0.1) is 0 Å². The predicted octanol–water partition coefficient (Wildman–Crippen LogP) is 3.35. The quantitative estimate of drug-likeness (QED) is 0.734. The van der Waals surface area contributed by atoms with Gasteiger partial charge in [0, 0.05) is 29.8 Å². The normalized spacial score (nSPS) is 33.1. The number of carbonyl (C=O) groups is 1. The van der Waals surface area contributed by atoms with Gasteiger partial charge in [0.25, 0.3) is 0 Å². The number of carbonyl (C=O) groups excluding carboxylic acids is 1. The molecule has 3 aliphatic heterocycles. The first-order chi connectivity index (χ1) is 14.2. The molecule has 1 saturated heterocycles. The average molecular weight is 422 g/mol. The Morgan fingerprint density at radius 3 is 2.76 bits per heavy atom. The van der Waals surface area contributed by atoms with E-state index in [0.717, 1.165) is 37.8 Å². The van der Waals surface area contributed by atoms with Gasteiger partial charge in [0.05, 0.1) is 18.8 Å². The average Bonchev–Trinajstić information content (AvgIpc) is 3.04. The van der Waals surface area contributed by atoms with Gasteiger partial charge in [0.15, 0.2) is 0 Å². The molecule has 5 rings (SSSR count). The molecule has 0 radical (unpaired) electrons. The lowest BCUT2D eigenvalue weighted by Crippen LogP contribution is -2.48. The van der Waals surface area contributed by atoms with Crippen LogP contribution in [0, 0.1) is 0 Å². The summed E-state index contributed by atoms with van der Waals surface area (Å²) in [5.74, 6) is 1.05. The van der Waals surface area contributed by atoms with Crippen molar-refractivity contribution in [3.05, 3.63) is 23.9 Å². The highest BCUT2D eigenvalue weighted by Gasteiger charge is 2.43. The molecule has 4 aliphatic rings. The highest BCUT2D eigenvalue weighted by molar-refractivity contribution is 7.96. The second-order valence-electron chi connectivity index (χ2n) is 8.16. The molecular weight excluding hydrogens is 390 g/mol. The molecule has 1 aromatic heterocycles. The summed E-state index contributed by atoms with van der Waals surface area (Å²) < 4.78 is 21.1. The van der Waals surface area contributed by atoms with E-state index < -0.39 is 0 Å². The first-order valence-electron chi connectivity index (χ1n) is 10.6. The summed E-state index contributed by atoms with van der Waals surface area (Å²) in [6.07, 6.45) is 7.03. The summed E-state index contributed by atoms with van der Waals surface area (Å²) in [7, 11) is 0. The number of rotatable bonds is 2. The van der Waals surface area contributed by atoms with Gasteiger partial charge in [-0.25, -0.2) is 9.78 Å². The maximum absolute atomic E-state index is 12.8. The Bertz CT molecular complexity index is 698. The van der Waals surface area contributed by atoms with Crippen LogP contribution in [0.3, 0.4) is 0 Å². The fraction of sp³-hybridized carbons (Fsp3) is 0.714. The van der Waals surface area contributed by atoms with Crippen LogP contribution >= 0.6 is 11.9 Å². The van der Waals surface area contributed by atoms with E-state index in [9.17, 15) is 4.79 Å². The first kappa shape index (κ1) is 20.8. The molecule has 160 valence electrons. The van der Waals surface area contributed by atoms with Gasteiger partial charge in [0.1, 0.15) is 13.2 Å². The third kappa shape index (κ3) is 4.81. The van der Waals surface area contributed by atoms with E-state index >= 15 is 0 Å². The molecule has 0 aromatic carbocycles. The van der Waals surface area contributed by atoms with Gasteiger partial charge in [-0.05, 0) is 51.3 Å². The van der Waals surface area contributed by atoms with Gasteiger partial charge in [-0.3, -0.25) is 9.62 Å². The summed E-state index contributed by atoms with van der Waals surface area (Å²) in [5.41, 5.74) is 1.09. The Kier molecular flexibility index (Phi) is 6.82. The fourth-order valence-electron chi connectivity index (χ4n) is 4.80. The molecule has 2 fully saturated rings. The van der Waals surface area contributed by atoms with E-state index in [2.05, 4.69) is 22.7 Å². The van der Waals surface area contributed by atoms with Gasteiger partial charge in [-0.2, -0.15) is 0 Å². The van der Waals surface area contributed by atoms with Crippen LogP contribution in [0.5, 0.6) is 5.88 Å². The highest BCUT2D eigenvalue weighted by Crippen LogP contribution is 2.35. The zero-order chi connectivity index (χ0) is 20.2. The third-order valence-corrected chi connectivity index (χ3v) is 6.81. The fourth-order valence-corrected chi connectivity index (χ4v) is 5.35. The van der Waals surface area contributed by atoms with Gasteiger partial charge in [0.2, 0.25) is 5.88 Å². The van der Waals surface area contributed by atoms with Crippen molar-refractivity contribution in [3.63, 3.8) is 0 Å². The van der Waals surface area contributed by atoms with Crippen molar-refractivity contribution in [2.75, 3.05) is 26.1 Å². The number of fused-ring (bicyclic) bond motifs is 7. The summed E-state index contributed by atoms with van der Waals surface area (Å²) in [4.78, 5) is 19.3. The molecule has 8 heteroatoms. The smallest absolute Gasteiger partial charge is 0.410 e. The first-order valence-corrected chi connectivity index (χ1v) is 11.8. The molecule has 1 aliphatic carbocycles. The monoisotopic (exact) mass is 421 g/mol. The molecule has 3 atom stereocenters.